The molecule has 0 amide bonds. The van der Waals surface area contributed by atoms with Crippen LogP contribution < -0.4 is 5.32 Å². The highest BCUT2D eigenvalue weighted by atomic mass is 16.7. The molecular formula is C18H26N2O4. The van der Waals surface area contributed by atoms with Crippen molar-refractivity contribution in [3.63, 3.8) is 0 Å². The van der Waals surface area contributed by atoms with Crippen LogP contribution in [0.3, 0.4) is 0 Å². The summed E-state index contributed by atoms with van der Waals surface area (Å²) >= 11 is 0. The maximum absolute atomic E-state index is 11.0. The molecule has 2 bridgehead atoms. The molecule has 0 saturated carbocycles. The number of piperidine rings is 1. The van der Waals surface area contributed by atoms with E-state index in [2.05, 4.69) is 10.2 Å². The predicted octanol–water partition coefficient (Wildman–Crippen LogP) is 0.821. The third-order valence-electron chi connectivity index (χ3n) is 5.46. The minimum absolute atomic E-state index is 0.120. The third-order valence-corrected chi connectivity index (χ3v) is 5.46. The van der Waals surface area contributed by atoms with Gasteiger partial charge in [0, 0.05) is 12.1 Å². The Kier molecular flexibility index (Phi) is 4.74. The first-order valence-electron chi connectivity index (χ1n) is 8.93. The van der Waals surface area contributed by atoms with E-state index >= 15 is 0 Å². The van der Waals surface area contributed by atoms with Crippen molar-refractivity contribution in [1.29, 1.82) is 0 Å². The number of nitrogens with one attached hydrogen (secondary N) is 1. The van der Waals surface area contributed by atoms with Crippen molar-refractivity contribution in [2.24, 2.45) is 0 Å². The molecule has 6 heteroatoms. The van der Waals surface area contributed by atoms with Gasteiger partial charge in [0.1, 0.15) is 11.9 Å². The second kappa shape index (κ2) is 6.98. The Hall–Kier alpha value is -1.18. The van der Waals surface area contributed by atoms with E-state index in [0.29, 0.717) is 13.2 Å². The van der Waals surface area contributed by atoms with Crippen molar-refractivity contribution in [3.05, 3.63) is 29.8 Å². The number of rotatable bonds is 4. The Morgan fingerprint density at radius 1 is 1.17 bits per heavy atom. The van der Waals surface area contributed by atoms with Gasteiger partial charge in [0.25, 0.3) is 0 Å². The molecule has 1 aromatic carbocycles. The van der Waals surface area contributed by atoms with Crippen LogP contribution >= 0.6 is 0 Å². The molecule has 0 spiro atoms. The monoisotopic (exact) mass is 334 g/mol. The number of aromatic hydroxyl groups is 1. The predicted molar refractivity (Wildman–Crippen MR) is 88.6 cm³/mol. The lowest BCUT2D eigenvalue weighted by Crippen LogP contribution is -2.64. The molecule has 3 aliphatic rings. The zero-order chi connectivity index (χ0) is 16.5. The van der Waals surface area contributed by atoms with Crippen LogP contribution in [0, 0.1) is 0 Å². The van der Waals surface area contributed by atoms with Crippen LogP contribution in [0.4, 0.5) is 0 Å². The number of hydrogen-bond donors (Lipinski definition) is 3. The summed E-state index contributed by atoms with van der Waals surface area (Å²) in [4.78, 5) is 2.31. The van der Waals surface area contributed by atoms with Crippen LogP contribution in [-0.4, -0.2) is 65.4 Å². The fraction of sp³-hybridized carbons (Fsp3) is 0.667. The lowest BCUT2D eigenvalue weighted by atomic mass is 9.93. The molecule has 3 saturated heterocycles. The molecule has 132 valence electrons. The molecule has 0 unspecified atom stereocenters. The topological polar surface area (TPSA) is 74.2 Å². The van der Waals surface area contributed by atoms with E-state index < -0.39 is 6.10 Å². The molecular weight excluding hydrogens is 308 g/mol. The lowest BCUT2D eigenvalue weighted by molar-refractivity contribution is -0.184. The maximum Gasteiger partial charge on any atom is 0.176 e. The van der Waals surface area contributed by atoms with Gasteiger partial charge in [-0.25, -0.2) is 0 Å². The molecule has 0 radical (unpaired) electrons. The minimum Gasteiger partial charge on any atom is -0.508 e. The summed E-state index contributed by atoms with van der Waals surface area (Å²) in [5, 5.41) is 24.3. The van der Waals surface area contributed by atoms with E-state index in [1.165, 1.54) is 6.42 Å². The quantitative estimate of drug-likeness (QED) is 0.757. The summed E-state index contributed by atoms with van der Waals surface area (Å²) in [6.45, 7) is 2.97. The van der Waals surface area contributed by atoms with Gasteiger partial charge in [0.05, 0.1) is 24.8 Å². The van der Waals surface area contributed by atoms with E-state index in [-0.39, 0.29) is 30.2 Å². The van der Waals surface area contributed by atoms with Gasteiger partial charge < -0.3 is 25.0 Å². The van der Waals surface area contributed by atoms with Gasteiger partial charge in [-0.3, -0.25) is 4.90 Å². The molecule has 3 N–H and O–H groups in total. The lowest BCUT2D eigenvalue weighted by Gasteiger charge is -2.45. The van der Waals surface area contributed by atoms with Crippen LogP contribution in [0.15, 0.2) is 24.3 Å². The normalized spacial score (nSPS) is 36.8. The Morgan fingerprint density at radius 3 is 2.75 bits per heavy atom. The molecule has 3 heterocycles. The summed E-state index contributed by atoms with van der Waals surface area (Å²) in [6, 6.07) is 6.95. The molecule has 0 aliphatic carbocycles. The second-order valence-corrected chi connectivity index (χ2v) is 6.99. The Labute approximate surface area is 142 Å². The van der Waals surface area contributed by atoms with E-state index in [1.54, 1.807) is 12.1 Å². The Balaban J connectivity index is 1.47. The number of ether oxygens (including phenoxy) is 2. The number of phenols is 1. The number of hydrogen-bond acceptors (Lipinski definition) is 6. The molecule has 0 aromatic heterocycles. The van der Waals surface area contributed by atoms with Crippen molar-refractivity contribution < 1.29 is 19.7 Å². The second-order valence-electron chi connectivity index (χ2n) is 6.99. The molecule has 1 aromatic rings. The average Bonchev–Trinajstić information content (AvgIpc) is 3.02. The highest BCUT2D eigenvalue weighted by Crippen LogP contribution is 2.33. The van der Waals surface area contributed by atoms with Crippen molar-refractivity contribution in [1.82, 2.24) is 10.2 Å². The largest absolute Gasteiger partial charge is 0.508 e. The molecule has 24 heavy (non-hydrogen) atoms. The molecule has 6 nitrogen and oxygen atoms in total. The van der Waals surface area contributed by atoms with Gasteiger partial charge in [-0.05, 0) is 32.0 Å². The van der Waals surface area contributed by atoms with Gasteiger partial charge >= 0.3 is 0 Å². The average molecular weight is 334 g/mol. The van der Waals surface area contributed by atoms with E-state index in [0.717, 1.165) is 31.5 Å². The number of nitrogens with zero attached hydrogens (tertiary/aromatic N) is 1. The van der Waals surface area contributed by atoms with Crippen LogP contribution in [0.2, 0.25) is 0 Å². The zero-order valence-corrected chi connectivity index (χ0v) is 13.8. The number of aliphatic hydroxyl groups excluding tert-OH is 1. The zero-order valence-electron chi connectivity index (χ0n) is 13.8. The number of phenolic OH excluding ortho intramolecular Hbond substituents is 1. The standard InChI is InChI=1S/C18H26N2O4/c21-13-7-3-2-6-12(13)10-19-15-14-11-23-18(24-14)16(17(15)22)20-8-4-1-5-9-20/h2-3,6-7,14-19,21-22H,1,4-5,8-11H2/t14-,15-,16+,17-,18+/m0/s1. The fourth-order valence-electron chi connectivity index (χ4n) is 4.15. The van der Waals surface area contributed by atoms with Crippen LogP contribution in [0.1, 0.15) is 24.8 Å². The first-order valence-corrected chi connectivity index (χ1v) is 8.93. The number of likely N-dealkylation sites (tertiary alicyclic amines) is 1. The molecule has 5 atom stereocenters. The molecule has 3 aliphatic heterocycles. The summed E-state index contributed by atoms with van der Waals surface area (Å²) in [5.74, 6) is 0.268. The number of aliphatic hydroxyl groups is 1. The SMILES string of the molecule is Oc1ccccc1CN[C@@H]1[C@H](O)[C@@H](N2CCCCC2)[C@@H]2OC[C@@H]1O2. The first-order chi connectivity index (χ1) is 11.7. The number of para-hydroxylation sites is 1. The molecule has 4 rings (SSSR count). The summed E-state index contributed by atoms with van der Waals surface area (Å²) in [7, 11) is 0. The first kappa shape index (κ1) is 16.3. The summed E-state index contributed by atoms with van der Waals surface area (Å²) in [5.41, 5.74) is 0.820. The van der Waals surface area contributed by atoms with E-state index in [4.69, 9.17) is 9.47 Å². The Morgan fingerprint density at radius 2 is 1.96 bits per heavy atom. The highest BCUT2D eigenvalue weighted by molar-refractivity contribution is 5.31. The van der Waals surface area contributed by atoms with Crippen molar-refractivity contribution in [3.8, 4) is 5.75 Å². The van der Waals surface area contributed by atoms with Gasteiger partial charge in [0.2, 0.25) is 0 Å². The smallest absolute Gasteiger partial charge is 0.176 e. The fourth-order valence-corrected chi connectivity index (χ4v) is 4.15. The Bertz CT molecular complexity index is 564. The molecule has 3 fully saturated rings. The van der Waals surface area contributed by atoms with Crippen LogP contribution in [0.5, 0.6) is 5.75 Å². The van der Waals surface area contributed by atoms with Gasteiger partial charge in [-0.2, -0.15) is 0 Å². The van der Waals surface area contributed by atoms with Crippen LogP contribution in [0.25, 0.3) is 0 Å². The number of fused-ring (bicyclic) bond motifs is 2. The van der Waals surface area contributed by atoms with Gasteiger partial charge in [-0.15, -0.1) is 0 Å². The van der Waals surface area contributed by atoms with E-state index in [9.17, 15) is 10.2 Å². The highest BCUT2D eigenvalue weighted by Gasteiger charge is 2.51. The van der Waals surface area contributed by atoms with E-state index in [1.807, 2.05) is 12.1 Å². The van der Waals surface area contributed by atoms with Crippen LogP contribution in [-0.2, 0) is 16.0 Å². The van der Waals surface area contributed by atoms with Crippen molar-refractivity contribution >= 4 is 0 Å². The maximum atomic E-state index is 11.0. The van der Waals surface area contributed by atoms with Gasteiger partial charge in [-0.1, -0.05) is 24.6 Å². The summed E-state index contributed by atoms with van der Waals surface area (Å²) in [6.07, 6.45) is 2.57. The minimum atomic E-state index is -0.541. The van der Waals surface area contributed by atoms with Crippen molar-refractivity contribution in [2.45, 2.75) is 56.4 Å². The van der Waals surface area contributed by atoms with Crippen molar-refractivity contribution in [2.75, 3.05) is 19.7 Å². The summed E-state index contributed by atoms with van der Waals surface area (Å²) < 4.78 is 11.8. The number of benzene rings is 1. The third kappa shape index (κ3) is 3.05. The van der Waals surface area contributed by atoms with Gasteiger partial charge in [0.15, 0.2) is 6.29 Å².